The van der Waals surface area contributed by atoms with Gasteiger partial charge in [0.05, 0.1) is 0 Å². The van der Waals surface area contributed by atoms with E-state index in [0.717, 1.165) is 30.5 Å². The normalized spacial score (nSPS) is 15.4. The van der Waals surface area contributed by atoms with E-state index >= 15 is 0 Å². The summed E-state index contributed by atoms with van der Waals surface area (Å²) in [5, 5.41) is 16.6. The van der Waals surface area contributed by atoms with Crippen LogP contribution < -0.4 is 10.6 Å². The molecular weight excluding hydrogens is 366 g/mol. The summed E-state index contributed by atoms with van der Waals surface area (Å²) in [4.78, 5) is 26.1. The molecule has 6 nitrogen and oxygen atoms in total. The molecule has 3 rings (SSSR count). The van der Waals surface area contributed by atoms with Crippen LogP contribution in [0.4, 0.5) is 5.69 Å². The molecule has 2 aromatic rings. The fourth-order valence-electron chi connectivity index (χ4n) is 3.94. The van der Waals surface area contributed by atoms with Gasteiger partial charge in [-0.1, -0.05) is 13.0 Å². The summed E-state index contributed by atoms with van der Waals surface area (Å²) >= 11 is 0. The van der Waals surface area contributed by atoms with Crippen molar-refractivity contribution in [3.63, 3.8) is 0 Å². The van der Waals surface area contributed by atoms with Gasteiger partial charge in [-0.25, -0.2) is 0 Å². The first-order chi connectivity index (χ1) is 13.9. The topological polar surface area (TPSA) is 107 Å². The molecule has 1 atom stereocenters. The molecule has 2 aromatic carbocycles. The number of carboxylic acids is 1. The van der Waals surface area contributed by atoms with E-state index < -0.39 is 5.97 Å². The number of nitrogen functional groups attached to an aromatic ring is 1. The van der Waals surface area contributed by atoms with Crippen molar-refractivity contribution in [2.45, 2.75) is 39.0 Å². The summed E-state index contributed by atoms with van der Waals surface area (Å²) in [5.74, 6) is -0.730. The number of fused-ring (bicyclic) bond motifs is 1. The van der Waals surface area contributed by atoms with Crippen LogP contribution in [0.2, 0.25) is 0 Å². The Balaban J connectivity index is 1.85. The van der Waals surface area contributed by atoms with Crippen molar-refractivity contribution in [2.24, 2.45) is 11.7 Å². The average Bonchev–Trinajstić information content (AvgIpc) is 2.70. The standard InChI is InChI=1S/C23H27N3O3/c1-2-11-26(20-9-7-17(8-10-20)22(24)25)23(29)18-6-5-16-4-3-15(13-21(27)28)12-19(16)14-18/h5-10,14-15H,2-4,11-13H2,1H3,(H3,24,25)(H,27,28). The number of carboxylic acid groups (broad SMARTS) is 1. The highest BCUT2D eigenvalue weighted by molar-refractivity contribution is 6.06. The molecule has 1 amide bonds. The number of carbonyl (C=O) groups excluding carboxylic acids is 1. The summed E-state index contributed by atoms with van der Waals surface area (Å²) in [7, 11) is 0. The number of rotatable bonds is 7. The number of carbonyl (C=O) groups is 2. The number of nitrogens with two attached hydrogens (primary N) is 1. The molecule has 0 saturated carbocycles. The highest BCUT2D eigenvalue weighted by Crippen LogP contribution is 2.29. The molecule has 0 aromatic heterocycles. The monoisotopic (exact) mass is 393 g/mol. The maximum absolute atomic E-state index is 13.3. The van der Waals surface area contributed by atoms with Crippen molar-refractivity contribution in [1.29, 1.82) is 5.41 Å². The van der Waals surface area contributed by atoms with Gasteiger partial charge in [-0.3, -0.25) is 15.0 Å². The first-order valence-corrected chi connectivity index (χ1v) is 9.99. The number of anilines is 1. The Kier molecular flexibility index (Phi) is 6.32. The summed E-state index contributed by atoms with van der Waals surface area (Å²) in [6.07, 6.45) is 3.40. The second kappa shape index (κ2) is 8.90. The highest BCUT2D eigenvalue weighted by atomic mass is 16.4. The van der Waals surface area contributed by atoms with E-state index in [0.29, 0.717) is 24.1 Å². The maximum Gasteiger partial charge on any atom is 0.303 e. The summed E-state index contributed by atoms with van der Waals surface area (Å²) in [5.41, 5.74) is 9.81. The number of amidine groups is 1. The fraction of sp³-hybridized carbons (Fsp3) is 0.348. The Bertz CT molecular complexity index is 921. The summed E-state index contributed by atoms with van der Waals surface area (Å²) in [6.45, 7) is 2.60. The summed E-state index contributed by atoms with van der Waals surface area (Å²) < 4.78 is 0. The number of aliphatic carboxylic acids is 1. The molecule has 1 unspecified atom stereocenters. The van der Waals surface area contributed by atoms with Crippen LogP contribution in [0.25, 0.3) is 0 Å². The van der Waals surface area contributed by atoms with Crippen molar-refractivity contribution in [2.75, 3.05) is 11.4 Å². The molecule has 0 spiro atoms. The van der Waals surface area contributed by atoms with Gasteiger partial charge in [-0.2, -0.15) is 0 Å². The van der Waals surface area contributed by atoms with Crippen LogP contribution in [-0.4, -0.2) is 29.4 Å². The lowest BCUT2D eigenvalue weighted by atomic mass is 9.81. The molecule has 152 valence electrons. The van der Waals surface area contributed by atoms with E-state index in [1.165, 1.54) is 5.56 Å². The zero-order valence-corrected chi connectivity index (χ0v) is 16.6. The summed E-state index contributed by atoms with van der Waals surface area (Å²) in [6, 6.07) is 12.9. The van der Waals surface area contributed by atoms with Crippen LogP contribution in [0, 0.1) is 11.3 Å². The second-order valence-electron chi connectivity index (χ2n) is 7.61. The van der Waals surface area contributed by atoms with Gasteiger partial charge >= 0.3 is 5.97 Å². The van der Waals surface area contributed by atoms with Gasteiger partial charge in [0.2, 0.25) is 0 Å². The quantitative estimate of drug-likeness (QED) is 0.493. The van der Waals surface area contributed by atoms with Gasteiger partial charge in [0, 0.05) is 29.8 Å². The molecule has 6 heteroatoms. The van der Waals surface area contributed by atoms with Gasteiger partial charge in [0.1, 0.15) is 5.84 Å². The van der Waals surface area contributed by atoms with Gasteiger partial charge < -0.3 is 15.7 Å². The number of nitrogens with one attached hydrogen (secondary N) is 1. The van der Waals surface area contributed by atoms with E-state index in [4.69, 9.17) is 16.2 Å². The average molecular weight is 393 g/mol. The molecule has 0 heterocycles. The van der Waals surface area contributed by atoms with Crippen molar-refractivity contribution >= 4 is 23.4 Å². The van der Waals surface area contributed by atoms with Crippen LogP contribution >= 0.6 is 0 Å². The number of amides is 1. The number of benzene rings is 2. The third-order valence-corrected chi connectivity index (χ3v) is 5.43. The predicted molar refractivity (Wildman–Crippen MR) is 114 cm³/mol. The van der Waals surface area contributed by atoms with Crippen LogP contribution in [-0.2, 0) is 17.6 Å². The van der Waals surface area contributed by atoms with E-state index in [9.17, 15) is 9.59 Å². The number of hydrogen-bond acceptors (Lipinski definition) is 3. The van der Waals surface area contributed by atoms with E-state index in [1.54, 1.807) is 17.0 Å². The Hall–Kier alpha value is -3.15. The van der Waals surface area contributed by atoms with Gasteiger partial charge in [-0.05, 0) is 79.1 Å². The minimum absolute atomic E-state index is 0.00415. The predicted octanol–water partition coefficient (Wildman–Crippen LogP) is 3.61. The molecule has 0 aliphatic heterocycles. The molecule has 0 radical (unpaired) electrons. The Morgan fingerprint density at radius 2 is 1.83 bits per heavy atom. The van der Waals surface area contributed by atoms with E-state index in [1.807, 2.05) is 37.3 Å². The minimum atomic E-state index is -0.770. The minimum Gasteiger partial charge on any atom is -0.481 e. The molecule has 29 heavy (non-hydrogen) atoms. The first-order valence-electron chi connectivity index (χ1n) is 9.99. The molecule has 4 N–H and O–H groups in total. The number of hydrogen-bond donors (Lipinski definition) is 3. The zero-order chi connectivity index (χ0) is 21.0. The lowest BCUT2D eigenvalue weighted by Crippen LogP contribution is -2.32. The number of nitrogens with zero attached hydrogens (tertiary/aromatic N) is 1. The molecule has 0 saturated heterocycles. The number of aryl methyl sites for hydroxylation is 1. The first kappa shape index (κ1) is 20.6. The molecule has 1 aliphatic rings. The van der Waals surface area contributed by atoms with Crippen LogP contribution in [0.5, 0.6) is 0 Å². The van der Waals surface area contributed by atoms with Crippen LogP contribution in [0.1, 0.15) is 53.2 Å². The Morgan fingerprint density at radius 1 is 1.14 bits per heavy atom. The molecule has 0 bridgehead atoms. The smallest absolute Gasteiger partial charge is 0.303 e. The van der Waals surface area contributed by atoms with E-state index in [2.05, 4.69) is 0 Å². The third kappa shape index (κ3) is 4.83. The Labute approximate surface area is 170 Å². The van der Waals surface area contributed by atoms with Gasteiger partial charge in [0.15, 0.2) is 0 Å². The van der Waals surface area contributed by atoms with Crippen molar-refractivity contribution in [3.8, 4) is 0 Å². The third-order valence-electron chi connectivity index (χ3n) is 5.43. The maximum atomic E-state index is 13.3. The molecule has 1 aliphatic carbocycles. The SMILES string of the molecule is CCCN(C(=O)c1ccc2c(c1)CC(CC(=O)O)CC2)c1ccc(C(=N)N)cc1. The Morgan fingerprint density at radius 3 is 2.45 bits per heavy atom. The van der Waals surface area contributed by atoms with Gasteiger partial charge in [-0.15, -0.1) is 0 Å². The zero-order valence-electron chi connectivity index (χ0n) is 16.6. The van der Waals surface area contributed by atoms with Crippen molar-refractivity contribution < 1.29 is 14.7 Å². The van der Waals surface area contributed by atoms with Crippen molar-refractivity contribution in [3.05, 3.63) is 64.7 Å². The fourth-order valence-corrected chi connectivity index (χ4v) is 3.94. The second-order valence-corrected chi connectivity index (χ2v) is 7.61. The van der Waals surface area contributed by atoms with Crippen molar-refractivity contribution in [1.82, 2.24) is 0 Å². The van der Waals surface area contributed by atoms with Crippen LogP contribution in [0.15, 0.2) is 42.5 Å². The van der Waals surface area contributed by atoms with E-state index in [-0.39, 0.29) is 24.1 Å². The lowest BCUT2D eigenvalue weighted by molar-refractivity contribution is -0.138. The molecule has 0 fully saturated rings. The largest absolute Gasteiger partial charge is 0.481 e. The molecular formula is C23H27N3O3. The lowest BCUT2D eigenvalue weighted by Gasteiger charge is -2.26. The van der Waals surface area contributed by atoms with Crippen LogP contribution in [0.3, 0.4) is 0 Å². The highest BCUT2D eigenvalue weighted by Gasteiger charge is 2.23. The van der Waals surface area contributed by atoms with Gasteiger partial charge in [0.25, 0.3) is 5.91 Å².